The predicted octanol–water partition coefficient (Wildman–Crippen LogP) is 3.09. The molecule has 0 atom stereocenters. The number of amides is 1. The molecule has 2 aromatic rings. The molecule has 25 heavy (non-hydrogen) atoms. The largest absolute Gasteiger partial charge is 0.322 e. The van der Waals surface area contributed by atoms with E-state index in [2.05, 4.69) is 10.0 Å². The van der Waals surface area contributed by atoms with E-state index >= 15 is 0 Å². The number of sulfonamides is 1. The maximum absolute atomic E-state index is 12.3. The van der Waals surface area contributed by atoms with Gasteiger partial charge >= 0.3 is 0 Å². The molecule has 0 radical (unpaired) electrons. The Morgan fingerprint density at radius 2 is 1.88 bits per heavy atom. The first-order chi connectivity index (χ1) is 11.8. The van der Waals surface area contributed by atoms with Crippen molar-refractivity contribution in [3.8, 4) is 6.07 Å². The molecule has 0 saturated carbocycles. The number of carbonyl (C=O) groups excluding carboxylic acids is 1. The van der Waals surface area contributed by atoms with Crippen molar-refractivity contribution in [3.63, 3.8) is 0 Å². The van der Waals surface area contributed by atoms with Gasteiger partial charge in [-0.05, 0) is 55.0 Å². The Bertz CT molecular complexity index is 919. The third-order valence-corrected chi connectivity index (χ3v) is 5.10. The van der Waals surface area contributed by atoms with Gasteiger partial charge in [0.05, 0.1) is 11.0 Å². The summed E-state index contributed by atoms with van der Waals surface area (Å²) in [5, 5.41) is 11.8. The quantitative estimate of drug-likeness (QED) is 0.755. The molecule has 1 amide bonds. The minimum atomic E-state index is -3.69. The van der Waals surface area contributed by atoms with Crippen molar-refractivity contribution in [3.05, 3.63) is 58.6 Å². The van der Waals surface area contributed by atoms with Crippen LogP contribution in [0.1, 0.15) is 22.3 Å². The number of rotatable bonds is 6. The van der Waals surface area contributed by atoms with Gasteiger partial charge < -0.3 is 5.32 Å². The number of hydrogen-bond acceptors (Lipinski definition) is 4. The number of nitriles is 1. The van der Waals surface area contributed by atoms with Crippen LogP contribution in [0.15, 0.2) is 47.4 Å². The van der Waals surface area contributed by atoms with Crippen LogP contribution in [0.4, 0.5) is 5.69 Å². The number of carbonyl (C=O) groups is 1. The van der Waals surface area contributed by atoms with Gasteiger partial charge in [0.25, 0.3) is 5.91 Å². The van der Waals surface area contributed by atoms with Gasteiger partial charge in [-0.2, -0.15) is 5.26 Å². The van der Waals surface area contributed by atoms with Crippen molar-refractivity contribution < 1.29 is 13.2 Å². The lowest BCUT2D eigenvalue weighted by atomic mass is 10.1. The fourth-order valence-corrected chi connectivity index (χ4v) is 3.33. The zero-order valence-corrected chi connectivity index (χ0v) is 15.0. The van der Waals surface area contributed by atoms with Crippen LogP contribution in [-0.4, -0.2) is 20.9 Å². The van der Waals surface area contributed by atoms with Crippen LogP contribution in [0, 0.1) is 18.3 Å². The standard InChI is InChI=1S/C17H16ClN3O3S/c1-12-11-14(18)5-8-16(12)21-17(22)13-3-6-15(7-4-13)25(23,24)20-10-2-9-19/h3-8,11,20H,2,10H2,1H3,(H,21,22). The first-order valence-electron chi connectivity index (χ1n) is 7.37. The van der Waals surface area contributed by atoms with Crippen LogP contribution in [0.3, 0.4) is 0 Å². The third kappa shape index (κ3) is 5.03. The zero-order chi connectivity index (χ0) is 18.4. The third-order valence-electron chi connectivity index (χ3n) is 3.39. The van der Waals surface area contributed by atoms with Gasteiger partial charge in [-0.3, -0.25) is 4.79 Å². The molecular formula is C17H16ClN3O3S. The first kappa shape index (κ1) is 18.9. The van der Waals surface area contributed by atoms with Crippen molar-refractivity contribution in [2.24, 2.45) is 0 Å². The van der Waals surface area contributed by atoms with Crippen molar-refractivity contribution in [1.82, 2.24) is 4.72 Å². The molecule has 0 fully saturated rings. The monoisotopic (exact) mass is 377 g/mol. The predicted molar refractivity (Wildman–Crippen MR) is 96.0 cm³/mol. The maximum atomic E-state index is 12.3. The van der Waals surface area contributed by atoms with E-state index in [-0.39, 0.29) is 23.8 Å². The van der Waals surface area contributed by atoms with Crippen molar-refractivity contribution in [2.45, 2.75) is 18.2 Å². The fraction of sp³-hybridized carbons (Fsp3) is 0.176. The van der Waals surface area contributed by atoms with Gasteiger partial charge in [-0.1, -0.05) is 11.6 Å². The van der Waals surface area contributed by atoms with E-state index in [0.717, 1.165) is 5.56 Å². The Morgan fingerprint density at radius 1 is 1.20 bits per heavy atom. The minimum absolute atomic E-state index is 0.0321. The summed E-state index contributed by atoms with van der Waals surface area (Å²) in [5.74, 6) is -0.355. The summed E-state index contributed by atoms with van der Waals surface area (Å²) in [6.45, 7) is 1.86. The Hall–Kier alpha value is -2.40. The molecule has 0 unspecified atom stereocenters. The van der Waals surface area contributed by atoms with E-state index in [0.29, 0.717) is 16.3 Å². The van der Waals surface area contributed by atoms with E-state index in [4.69, 9.17) is 16.9 Å². The van der Waals surface area contributed by atoms with Crippen molar-refractivity contribution in [2.75, 3.05) is 11.9 Å². The molecule has 0 aliphatic heterocycles. The highest BCUT2D eigenvalue weighted by Crippen LogP contribution is 2.20. The molecule has 2 rings (SSSR count). The molecule has 0 aromatic heterocycles. The number of anilines is 1. The number of nitrogens with one attached hydrogen (secondary N) is 2. The number of halogens is 1. The summed E-state index contributed by atoms with van der Waals surface area (Å²) in [5.41, 5.74) is 1.77. The van der Waals surface area contributed by atoms with Crippen LogP contribution in [0.2, 0.25) is 5.02 Å². The Balaban J connectivity index is 2.11. The van der Waals surface area contributed by atoms with E-state index in [1.54, 1.807) is 18.2 Å². The van der Waals surface area contributed by atoms with Crippen molar-refractivity contribution in [1.29, 1.82) is 5.26 Å². The van der Waals surface area contributed by atoms with E-state index < -0.39 is 10.0 Å². The molecule has 130 valence electrons. The molecule has 0 aliphatic rings. The molecule has 0 bridgehead atoms. The van der Waals surface area contributed by atoms with Gasteiger partial charge in [0.2, 0.25) is 10.0 Å². The van der Waals surface area contributed by atoms with Gasteiger partial charge in [-0.15, -0.1) is 0 Å². The number of hydrogen-bond donors (Lipinski definition) is 2. The summed E-state index contributed by atoms with van der Waals surface area (Å²) < 4.78 is 26.4. The van der Waals surface area contributed by atoms with Crippen LogP contribution < -0.4 is 10.0 Å². The molecule has 0 spiro atoms. The summed E-state index contributed by atoms with van der Waals surface area (Å²) in [7, 11) is -3.69. The second kappa shape index (κ2) is 8.12. The second-order valence-electron chi connectivity index (χ2n) is 5.24. The Labute approximate surface area is 151 Å². The van der Waals surface area contributed by atoms with Crippen LogP contribution in [0.25, 0.3) is 0 Å². The maximum Gasteiger partial charge on any atom is 0.255 e. The summed E-state index contributed by atoms with van der Waals surface area (Å²) in [6.07, 6.45) is 0.0835. The highest BCUT2D eigenvalue weighted by Gasteiger charge is 2.14. The molecular weight excluding hydrogens is 362 g/mol. The lowest BCUT2D eigenvalue weighted by Crippen LogP contribution is -2.24. The van der Waals surface area contributed by atoms with Crippen molar-refractivity contribution >= 4 is 33.2 Å². The molecule has 0 aliphatic carbocycles. The second-order valence-corrected chi connectivity index (χ2v) is 7.45. The topological polar surface area (TPSA) is 99.1 Å². The number of benzene rings is 2. The van der Waals surface area contributed by atoms with E-state index in [1.165, 1.54) is 24.3 Å². The van der Waals surface area contributed by atoms with Crippen LogP contribution >= 0.6 is 11.6 Å². The first-order valence-corrected chi connectivity index (χ1v) is 9.24. The highest BCUT2D eigenvalue weighted by molar-refractivity contribution is 7.89. The number of aryl methyl sites for hydroxylation is 1. The fourth-order valence-electron chi connectivity index (χ4n) is 2.07. The normalized spacial score (nSPS) is 10.9. The molecule has 0 heterocycles. The smallest absolute Gasteiger partial charge is 0.255 e. The van der Waals surface area contributed by atoms with Gasteiger partial charge in [-0.25, -0.2) is 13.1 Å². The lowest BCUT2D eigenvalue weighted by Gasteiger charge is -2.09. The highest BCUT2D eigenvalue weighted by atomic mass is 35.5. The average Bonchev–Trinajstić information content (AvgIpc) is 2.57. The molecule has 8 heteroatoms. The SMILES string of the molecule is Cc1cc(Cl)ccc1NC(=O)c1ccc(S(=O)(=O)NCCC#N)cc1. The van der Waals surface area contributed by atoms with E-state index in [1.807, 2.05) is 13.0 Å². The van der Waals surface area contributed by atoms with Gasteiger partial charge in [0, 0.05) is 29.2 Å². The summed E-state index contributed by atoms with van der Waals surface area (Å²) in [6, 6.07) is 12.5. The summed E-state index contributed by atoms with van der Waals surface area (Å²) >= 11 is 5.88. The zero-order valence-electron chi connectivity index (χ0n) is 13.4. The molecule has 6 nitrogen and oxygen atoms in total. The van der Waals surface area contributed by atoms with E-state index in [9.17, 15) is 13.2 Å². The number of nitrogens with zero attached hydrogens (tertiary/aromatic N) is 1. The Morgan fingerprint density at radius 3 is 2.48 bits per heavy atom. The minimum Gasteiger partial charge on any atom is -0.322 e. The summed E-state index contributed by atoms with van der Waals surface area (Å²) in [4.78, 5) is 12.3. The van der Waals surface area contributed by atoms with Gasteiger partial charge in [0.15, 0.2) is 0 Å². The lowest BCUT2D eigenvalue weighted by molar-refractivity contribution is 0.102. The molecule has 2 aromatic carbocycles. The molecule has 2 N–H and O–H groups in total. The van der Waals surface area contributed by atoms with Crippen LogP contribution in [-0.2, 0) is 10.0 Å². The average molecular weight is 378 g/mol. The molecule has 0 saturated heterocycles. The van der Waals surface area contributed by atoms with Gasteiger partial charge in [0.1, 0.15) is 0 Å². The van der Waals surface area contributed by atoms with Crippen LogP contribution in [0.5, 0.6) is 0 Å². The Kier molecular flexibility index (Phi) is 6.15.